The molecule has 0 aromatic rings. The molecule has 76 valence electrons. The first-order valence-corrected chi connectivity index (χ1v) is 4.03. The zero-order valence-corrected chi connectivity index (χ0v) is 7.43. The molecule has 2 atom stereocenters. The van der Waals surface area contributed by atoms with Crippen LogP contribution in [0.15, 0.2) is 0 Å². The Morgan fingerprint density at radius 3 is 2.54 bits per heavy atom. The van der Waals surface area contributed by atoms with Crippen molar-refractivity contribution >= 4 is 5.91 Å². The molecule has 0 spiro atoms. The summed E-state index contributed by atoms with van der Waals surface area (Å²) in [6, 6.07) is 0. The van der Waals surface area contributed by atoms with Crippen molar-refractivity contribution in [2.75, 3.05) is 26.7 Å². The molecule has 0 saturated carbocycles. The Hall–Kier alpha value is -0.690. The summed E-state index contributed by atoms with van der Waals surface area (Å²) in [6.07, 6.45) is -1.51. The van der Waals surface area contributed by atoms with Gasteiger partial charge in [-0.3, -0.25) is 14.5 Å². The first-order valence-electron chi connectivity index (χ1n) is 4.03. The summed E-state index contributed by atoms with van der Waals surface area (Å²) in [6.45, 7) is 0.762. The molecule has 0 bridgehead atoms. The number of carbonyl (C=O) groups is 1. The first-order chi connectivity index (χ1) is 6.13. The number of rotatable bonds is 3. The summed E-state index contributed by atoms with van der Waals surface area (Å²) in [5, 5.41) is 18.3. The van der Waals surface area contributed by atoms with Gasteiger partial charge in [-0.25, -0.2) is 5.48 Å². The fourth-order valence-corrected chi connectivity index (χ4v) is 1.33. The Kier molecular flexibility index (Phi) is 3.61. The second-order valence-electron chi connectivity index (χ2n) is 3.06. The highest BCUT2D eigenvalue weighted by Crippen LogP contribution is 2.08. The molecular formula is C7H14N2O4. The molecule has 0 aliphatic carbocycles. The van der Waals surface area contributed by atoms with Crippen LogP contribution in [0.25, 0.3) is 0 Å². The van der Waals surface area contributed by atoms with Gasteiger partial charge in [-0.1, -0.05) is 0 Å². The molecule has 1 aliphatic rings. The molecule has 6 heteroatoms. The lowest BCUT2D eigenvalue weighted by atomic mass is 10.3. The number of nitrogens with zero attached hydrogens (tertiary/aromatic N) is 1. The van der Waals surface area contributed by atoms with Gasteiger partial charge in [-0.2, -0.15) is 0 Å². The van der Waals surface area contributed by atoms with Crippen LogP contribution in [0.1, 0.15) is 0 Å². The normalized spacial score (nSPS) is 29.2. The van der Waals surface area contributed by atoms with Crippen LogP contribution in [0, 0.1) is 0 Å². The lowest BCUT2D eigenvalue weighted by Crippen LogP contribution is -2.36. The fourth-order valence-electron chi connectivity index (χ4n) is 1.33. The van der Waals surface area contributed by atoms with Crippen LogP contribution in [0.3, 0.4) is 0 Å². The van der Waals surface area contributed by atoms with Crippen molar-refractivity contribution in [3.8, 4) is 0 Å². The van der Waals surface area contributed by atoms with Crippen LogP contribution in [0.2, 0.25) is 0 Å². The molecule has 13 heavy (non-hydrogen) atoms. The number of amides is 1. The Bertz CT molecular complexity index is 177. The average Bonchev–Trinajstić information content (AvgIpc) is 2.31. The Balaban J connectivity index is 2.27. The Morgan fingerprint density at radius 2 is 2.08 bits per heavy atom. The minimum Gasteiger partial charge on any atom is -0.389 e. The number of aliphatic hydroxyl groups excluding tert-OH is 2. The van der Waals surface area contributed by atoms with E-state index in [2.05, 4.69) is 10.3 Å². The maximum Gasteiger partial charge on any atom is 0.257 e. The number of hydroxylamine groups is 1. The number of likely N-dealkylation sites (tertiary alicyclic amines) is 1. The standard InChI is InChI=1S/C7H14N2O4/c1-13-8-7(12)4-9-2-5(10)6(11)3-9/h5-6,10-11H,2-4H2,1H3,(H,8,12). The van der Waals surface area contributed by atoms with Crippen molar-refractivity contribution in [2.24, 2.45) is 0 Å². The molecule has 2 unspecified atom stereocenters. The monoisotopic (exact) mass is 190 g/mol. The van der Waals surface area contributed by atoms with E-state index >= 15 is 0 Å². The highest BCUT2D eigenvalue weighted by atomic mass is 16.6. The van der Waals surface area contributed by atoms with Crippen molar-refractivity contribution in [2.45, 2.75) is 12.2 Å². The maximum atomic E-state index is 11.0. The lowest BCUT2D eigenvalue weighted by Gasteiger charge is -2.12. The summed E-state index contributed by atoms with van der Waals surface area (Å²) < 4.78 is 0. The fraction of sp³-hybridized carbons (Fsp3) is 0.857. The second kappa shape index (κ2) is 4.52. The van der Waals surface area contributed by atoms with Gasteiger partial charge < -0.3 is 10.2 Å². The topological polar surface area (TPSA) is 82.0 Å². The number of nitrogens with one attached hydrogen (secondary N) is 1. The van der Waals surface area contributed by atoms with Crippen LogP contribution in [0.5, 0.6) is 0 Å². The van der Waals surface area contributed by atoms with Gasteiger partial charge in [0.2, 0.25) is 0 Å². The molecule has 0 aromatic heterocycles. The van der Waals surface area contributed by atoms with Gasteiger partial charge in [0, 0.05) is 13.1 Å². The number of carbonyl (C=O) groups excluding carboxylic acids is 1. The zero-order chi connectivity index (χ0) is 9.84. The molecule has 1 fully saturated rings. The van der Waals surface area contributed by atoms with E-state index in [9.17, 15) is 4.79 Å². The molecule has 1 rings (SSSR count). The van der Waals surface area contributed by atoms with E-state index in [1.165, 1.54) is 7.11 Å². The number of hydrogen-bond acceptors (Lipinski definition) is 5. The van der Waals surface area contributed by atoms with E-state index in [0.29, 0.717) is 13.1 Å². The SMILES string of the molecule is CONC(=O)CN1CC(O)C(O)C1. The summed E-state index contributed by atoms with van der Waals surface area (Å²) in [5.74, 6) is -0.288. The van der Waals surface area contributed by atoms with E-state index < -0.39 is 12.2 Å². The van der Waals surface area contributed by atoms with E-state index in [1.54, 1.807) is 4.90 Å². The molecule has 6 nitrogen and oxygen atoms in total. The predicted octanol–water partition coefficient (Wildman–Crippen LogP) is -2.30. The number of aliphatic hydroxyl groups is 2. The molecular weight excluding hydrogens is 176 g/mol. The number of β-amino-alcohol motifs (C(OH)–C–C–N with tert-alkyl or cyclic N) is 2. The number of hydrogen-bond donors (Lipinski definition) is 3. The van der Waals surface area contributed by atoms with Crippen LogP contribution < -0.4 is 5.48 Å². The summed E-state index contributed by atoms with van der Waals surface area (Å²) in [5.41, 5.74) is 2.16. The van der Waals surface area contributed by atoms with Crippen molar-refractivity contribution in [3.63, 3.8) is 0 Å². The molecule has 3 N–H and O–H groups in total. The van der Waals surface area contributed by atoms with Crippen LogP contribution in [0.4, 0.5) is 0 Å². The Morgan fingerprint density at radius 1 is 1.54 bits per heavy atom. The highest BCUT2D eigenvalue weighted by Gasteiger charge is 2.30. The van der Waals surface area contributed by atoms with Gasteiger partial charge in [-0.15, -0.1) is 0 Å². The molecule has 0 radical (unpaired) electrons. The first kappa shape index (κ1) is 10.4. The average molecular weight is 190 g/mol. The van der Waals surface area contributed by atoms with Crippen molar-refractivity contribution in [1.29, 1.82) is 0 Å². The van der Waals surface area contributed by atoms with E-state index in [1.807, 2.05) is 0 Å². The smallest absolute Gasteiger partial charge is 0.257 e. The van der Waals surface area contributed by atoms with Gasteiger partial charge in [0.1, 0.15) is 0 Å². The molecule has 1 amide bonds. The van der Waals surface area contributed by atoms with Gasteiger partial charge in [0.15, 0.2) is 0 Å². The van der Waals surface area contributed by atoms with E-state index in [0.717, 1.165) is 0 Å². The van der Waals surface area contributed by atoms with Crippen molar-refractivity contribution < 1.29 is 19.8 Å². The van der Waals surface area contributed by atoms with Gasteiger partial charge in [0.05, 0.1) is 25.9 Å². The third-order valence-corrected chi connectivity index (χ3v) is 1.92. The molecule has 1 saturated heterocycles. The lowest BCUT2D eigenvalue weighted by molar-refractivity contribution is -0.132. The quantitative estimate of drug-likeness (QED) is 0.436. The maximum absolute atomic E-state index is 11.0. The van der Waals surface area contributed by atoms with Crippen molar-refractivity contribution in [3.05, 3.63) is 0 Å². The molecule has 1 aliphatic heterocycles. The van der Waals surface area contributed by atoms with Crippen LogP contribution in [-0.4, -0.2) is 60.0 Å². The molecule has 0 aromatic carbocycles. The molecule has 1 heterocycles. The van der Waals surface area contributed by atoms with E-state index in [4.69, 9.17) is 10.2 Å². The van der Waals surface area contributed by atoms with Crippen LogP contribution >= 0.6 is 0 Å². The minimum absolute atomic E-state index is 0.127. The summed E-state index contributed by atoms with van der Waals surface area (Å²) >= 11 is 0. The van der Waals surface area contributed by atoms with Crippen LogP contribution in [-0.2, 0) is 9.63 Å². The minimum atomic E-state index is -0.754. The van der Waals surface area contributed by atoms with Gasteiger partial charge in [0.25, 0.3) is 5.91 Å². The zero-order valence-electron chi connectivity index (χ0n) is 7.43. The summed E-state index contributed by atoms with van der Waals surface area (Å²) in [4.78, 5) is 17.0. The second-order valence-corrected chi connectivity index (χ2v) is 3.06. The predicted molar refractivity (Wildman–Crippen MR) is 43.6 cm³/mol. The highest BCUT2D eigenvalue weighted by molar-refractivity contribution is 5.76. The third kappa shape index (κ3) is 2.92. The largest absolute Gasteiger partial charge is 0.389 e. The van der Waals surface area contributed by atoms with Crippen molar-refractivity contribution in [1.82, 2.24) is 10.4 Å². The van der Waals surface area contributed by atoms with Gasteiger partial charge >= 0.3 is 0 Å². The Labute approximate surface area is 76.1 Å². The van der Waals surface area contributed by atoms with E-state index in [-0.39, 0.29) is 12.5 Å². The third-order valence-electron chi connectivity index (χ3n) is 1.92. The van der Waals surface area contributed by atoms with Gasteiger partial charge in [-0.05, 0) is 0 Å². The summed E-state index contributed by atoms with van der Waals surface area (Å²) in [7, 11) is 1.35.